The van der Waals surface area contributed by atoms with E-state index in [9.17, 15) is 10.1 Å². The van der Waals surface area contributed by atoms with Gasteiger partial charge in [0.15, 0.2) is 10.8 Å². The summed E-state index contributed by atoms with van der Waals surface area (Å²) in [4.78, 5) is 19.7. The van der Waals surface area contributed by atoms with Gasteiger partial charge in [-0.2, -0.15) is 5.10 Å². The van der Waals surface area contributed by atoms with E-state index in [1.165, 1.54) is 6.33 Å². The summed E-state index contributed by atoms with van der Waals surface area (Å²) in [5.41, 5.74) is 1.36. The first-order valence-corrected chi connectivity index (χ1v) is 10.8. The molecule has 2 fully saturated rings. The Morgan fingerprint density at radius 2 is 2.06 bits per heavy atom. The average Bonchev–Trinajstić information content (AvgIpc) is 3.48. The van der Waals surface area contributed by atoms with Crippen molar-refractivity contribution in [1.82, 2.24) is 29.5 Å². The summed E-state index contributed by atoms with van der Waals surface area (Å²) in [5, 5.41) is 21.7. The third kappa shape index (κ3) is 3.94. The Morgan fingerprint density at radius 3 is 2.81 bits per heavy atom. The van der Waals surface area contributed by atoms with Crippen molar-refractivity contribution < 1.29 is 14.4 Å². The van der Waals surface area contributed by atoms with Crippen molar-refractivity contribution in [3.8, 4) is 5.88 Å². The zero-order valence-corrected chi connectivity index (χ0v) is 17.6. The Bertz CT molecular complexity index is 1100. The molecule has 5 rings (SSSR count). The minimum Gasteiger partial charge on any atom is -0.472 e. The number of hydrogen-bond donors (Lipinski definition) is 0. The molecule has 2 aliphatic rings. The van der Waals surface area contributed by atoms with Gasteiger partial charge in [0.2, 0.25) is 0 Å². The number of nitrogens with zero attached hydrogens (tertiary/aromatic N) is 7. The van der Waals surface area contributed by atoms with Crippen molar-refractivity contribution in [3.05, 3.63) is 33.5 Å². The summed E-state index contributed by atoms with van der Waals surface area (Å²) >= 11 is 6.13. The van der Waals surface area contributed by atoms with E-state index in [1.807, 2.05) is 4.68 Å². The highest BCUT2D eigenvalue weighted by atomic mass is 35.5. The number of halogens is 1. The molecule has 11 nitrogen and oxygen atoms in total. The molecule has 31 heavy (non-hydrogen) atoms. The van der Waals surface area contributed by atoms with Gasteiger partial charge in [0.25, 0.3) is 0 Å². The zero-order chi connectivity index (χ0) is 21.4. The first-order valence-electron chi connectivity index (χ1n) is 10.4. The molecular formula is C19H22ClN7O4. The van der Waals surface area contributed by atoms with E-state index in [2.05, 4.69) is 20.2 Å². The molecule has 1 aliphatic carbocycles. The Kier molecular flexibility index (Phi) is 5.45. The lowest BCUT2D eigenvalue weighted by Crippen LogP contribution is -2.22. The number of rotatable bonds is 8. The smallest absolute Gasteiger partial charge is 0.353 e. The maximum atomic E-state index is 11.9. The van der Waals surface area contributed by atoms with Crippen molar-refractivity contribution in [2.75, 3.05) is 19.8 Å². The lowest BCUT2D eigenvalue weighted by atomic mass is 10.1. The fraction of sp³-hybridized carbons (Fsp3) is 0.579. The van der Waals surface area contributed by atoms with Crippen LogP contribution in [0.3, 0.4) is 0 Å². The molecule has 0 bridgehead atoms. The summed E-state index contributed by atoms with van der Waals surface area (Å²) in [5.74, 6) is 0.287. The maximum Gasteiger partial charge on any atom is 0.353 e. The van der Waals surface area contributed by atoms with Crippen molar-refractivity contribution in [2.45, 2.75) is 50.6 Å². The molecule has 1 saturated carbocycles. The monoisotopic (exact) mass is 447 g/mol. The van der Waals surface area contributed by atoms with E-state index in [0.29, 0.717) is 48.1 Å². The van der Waals surface area contributed by atoms with Crippen LogP contribution in [0.25, 0.3) is 11.0 Å². The van der Waals surface area contributed by atoms with Gasteiger partial charge in [-0.3, -0.25) is 14.8 Å². The number of fused-ring (bicyclic) bond motifs is 1. The molecule has 0 radical (unpaired) electrons. The van der Waals surface area contributed by atoms with Crippen molar-refractivity contribution in [2.24, 2.45) is 0 Å². The van der Waals surface area contributed by atoms with Gasteiger partial charge >= 0.3 is 11.6 Å². The van der Waals surface area contributed by atoms with Gasteiger partial charge < -0.3 is 9.47 Å². The second-order valence-corrected chi connectivity index (χ2v) is 8.19. The molecule has 0 aromatic carbocycles. The summed E-state index contributed by atoms with van der Waals surface area (Å²) < 4.78 is 14.8. The van der Waals surface area contributed by atoms with E-state index in [4.69, 9.17) is 21.1 Å². The van der Waals surface area contributed by atoms with Crippen molar-refractivity contribution >= 4 is 28.3 Å². The van der Waals surface area contributed by atoms with Crippen molar-refractivity contribution in [1.29, 1.82) is 0 Å². The van der Waals surface area contributed by atoms with E-state index in [0.717, 1.165) is 25.7 Å². The van der Waals surface area contributed by atoms with Gasteiger partial charge in [-0.05, 0) is 25.7 Å². The number of aromatic nitrogens is 6. The van der Waals surface area contributed by atoms with Crippen LogP contribution in [0.2, 0.25) is 5.15 Å². The highest BCUT2D eigenvalue weighted by Crippen LogP contribution is 2.48. The van der Waals surface area contributed by atoms with Crippen LogP contribution >= 0.6 is 11.6 Å². The van der Waals surface area contributed by atoms with Gasteiger partial charge in [0.05, 0.1) is 23.0 Å². The molecule has 0 unspecified atom stereocenters. The first kappa shape index (κ1) is 20.1. The molecule has 0 N–H and O–H groups in total. The van der Waals surface area contributed by atoms with Crippen LogP contribution in [-0.4, -0.2) is 54.3 Å². The molecule has 1 aliphatic heterocycles. The normalized spacial score (nSPS) is 17.3. The summed E-state index contributed by atoms with van der Waals surface area (Å²) in [6.07, 6.45) is 7.13. The van der Waals surface area contributed by atoms with Crippen LogP contribution in [0.4, 0.5) is 5.69 Å². The van der Waals surface area contributed by atoms with Crippen molar-refractivity contribution in [3.63, 3.8) is 0 Å². The predicted molar refractivity (Wildman–Crippen MR) is 110 cm³/mol. The minimum absolute atomic E-state index is 0.00863. The molecule has 164 valence electrons. The second kappa shape index (κ2) is 8.39. The quantitative estimate of drug-likeness (QED) is 0.293. The van der Waals surface area contributed by atoms with Crippen LogP contribution in [0.1, 0.15) is 49.8 Å². The van der Waals surface area contributed by atoms with E-state index >= 15 is 0 Å². The molecule has 3 aromatic rings. The number of hydrogen-bond acceptors (Lipinski definition) is 8. The summed E-state index contributed by atoms with van der Waals surface area (Å²) in [7, 11) is 0. The molecule has 4 heterocycles. The first-order chi connectivity index (χ1) is 15.1. The SMILES string of the molecule is O=[N+]([O-])c1c(OCCCn2nc(Cl)c3cncnc32)nn(C2CCOCC2)c1C1CC1. The molecule has 0 spiro atoms. The largest absolute Gasteiger partial charge is 0.472 e. The molecule has 1 saturated heterocycles. The van der Waals surface area contributed by atoms with Gasteiger partial charge in [-0.25, -0.2) is 14.6 Å². The maximum absolute atomic E-state index is 11.9. The van der Waals surface area contributed by atoms with Gasteiger partial charge in [0, 0.05) is 38.3 Å². The average molecular weight is 448 g/mol. The molecule has 0 atom stereocenters. The minimum atomic E-state index is -0.358. The Balaban J connectivity index is 1.32. The fourth-order valence-electron chi connectivity index (χ4n) is 4.05. The highest BCUT2D eigenvalue weighted by Gasteiger charge is 2.41. The molecule has 12 heteroatoms. The Morgan fingerprint density at radius 1 is 1.26 bits per heavy atom. The van der Waals surface area contributed by atoms with E-state index in [1.54, 1.807) is 10.9 Å². The summed E-state index contributed by atoms with van der Waals surface area (Å²) in [6, 6.07) is 0.109. The number of nitro groups is 1. The van der Waals surface area contributed by atoms with Crippen LogP contribution < -0.4 is 4.74 Å². The summed E-state index contributed by atoms with van der Waals surface area (Å²) in [6.45, 7) is 2.05. The third-order valence-electron chi connectivity index (χ3n) is 5.69. The standard InChI is InChI=1S/C19H22ClN7O4/c20-17-14-10-21-11-22-18(14)25(23-17)6-1-7-31-19-16(27(28)29)15(12-2-3-12)26(24-19)13-4-8-30-9-5-13/h10-13H,1-9H2. The number of ether oxygens (including phenoxy) is 2. The molecule has 3 aromatic heterocycles. The van der Waals surface area contributed by atoms with E-state index in [-0.39, 0.29) is 35.1 Å². The predicted octanol–water partition coefficient (Wildman–Crippen LogP) is 3.28. The third-order valence-corrected chi connectivity index (χ3v) is 5.97. The van der Waals surface area contributed by atoms with E-state index < -0.39 is 0 Å². The molecular weight excluding hydrogens is 426 g/mol. The van der Waals surface area contributed by atoms with Gasteiger partial charge in [-0.1, -0.05) is 11.6 Å². The lowest BCUT2D eigenvalue weighted by molar-refractivity contribution is -0.386. The lowest BCUT2D eigenvalue weighted by Gasteiger charge is -2.23. The van der Waals surface area contributed by atoms with Gasteiger partial charge in [0.1, 0.15) is 12.0 Å². The topological polar surface area (TPSA) is 123 Å². The fourth-order valence-corrected chi connectivity index (χ4v) is 4.28. The second-order valence-electron chi connectivity index (χ2n) is 7.83. The van der Waals surface area contributed by atoms with Crippen LogP contribution in [-0.2, 0) is 11.3 Å². The highest BCUT2D eigenvalue weighted by molar-refractivity contribution is 6.34. The Hall–Kier alpha value is -2.79. The van der Waals surface area contributed by atoms with Crippen LogP contribution in [0, 0.1) is 10.1 Å². The van der Waals surface area contributed by atoms with Gasteiger partial charge in [-0.15, -0.1) is 5.10 Å². The number of aryl methyl sites for hydroxylation is 1. The van der Waals surface area contributed by atoms with Crippen LogP contribution in [0.15, 0.2) is 12.5 Å². The Labute approximate surface area is 182 Å². The van der Waals surface area contributed by atoms with Crippen LogP contribution in [0.5, 0.6) is 5.88 Å². The zero-order valence-electron chi connectivity index (χ0n) is 16.8. The molecule has 0 amide bonds.